The first-order chi connectivity index (χ1) is 12.4. The summed E-state index contributed by atoms with van der Waals surface area (Å²) in [5.74, 6) is 0.557. The zero-order chi connectivity index (χ0) is 18.0. The van der Waals surface area contributed by atoms with Crippen LogP contribution in [0, 0.1) is 5.92 Å². The Hall–Kier alpha value is 0.210. The van der Waals surface area contributed by atoms with E-state index < -0.39 is 0 Å². The summed E-state index contributed by atoms with van der Waals surface area (Å²) in [6, 6.07) is 0. The maximum absolute atomic E-state index is 9.17. The predicted octanol–water partition coefficient (Wildman–Crippen LogP) is 6.98. The van der Waals surface area contributed by atoms with Crippen LogP contribution in [-0.4, -0.2) is 36.2 Å². The number of nitrogens with zero attached hydrogens (tertiary/aromatic N) is 1. The molecule has 0 spiro atoms. The van der Waals surface area contributed by atoms with Crippen molar-refractivity contribution in [3.63, 3.8) is 0 Å². The lowest BCUT2D eigenvalue weighted by atomic mass is 10.0. The lowest BCUT2D eigenvalue weighted by Gasteiger charge is -2.15. The number of hydrogen-bond donors (Lipinski definition) is 1. The van der Waals surface area contributed by atoms with Gasteiger partial charge in [0.05, 0.1) is 0 Å². The first-order valence-corrected chi connectivity index (χ1v) is 11.7. The minimum Gasteiger partial charge on any atom is -0.396 e. The molecular formula is C23H48ClNO. The van der Waals surface area contributed by atoms with Gasteiger partial charge in [-0.15, -0.1) is 12.4 Å². The summed E-state index contributed by atoms with van der Waals surface area (Å²) in [5, 5.41) is 9.17. The summed E-state index contributed by atoms with van der Waals surface area (Å²) in [6.45, 7) is 6.28. The largest absolute Gasteiger partial charge is 0.396 e. The molecule has 2 nitrogen and oxygen atoms in total. The van der Waals surface area contributed by atoms with Crippen LogP contribution in [0.5, 0.6) is 0 Å². The van der Waals surface area contributed by atoms with Crippen molar-refractivity contribution in [3.8, 4) is 0 Å². The summed E-state index contributed by atoms with van der Waals surface area (Å²) in [5.41, 5.74) is 0. The average molecular weight is 390 g/mol. The number of hydrogen-bond acceptors (Lipinski definition) is 2. The summed E-state index contributed by atoms with van der Waals surface area (Å²) in [7, 11) is 0. The fourth-order valence-corrected chi connectivity index (χ4v) is 4.15. The molecule has 0 amide bonds. The summed E-state index contributed by atoms with van der Waals surface area (Å²) < 4.78 is 0. The maximum atomic E-state index is 9.17. The highest BCUT2D eigenvalue weighted by Gasteiger charge is 2.20. The molecule has 0 aromatic heterocycles. The molecule has 1 heterocycles. The van der Waals surface area contributed by atoms with E-state index >= 15 is 0 Å². The van der Waals surface area contributed by atoms with Crippen molar-refractivity contribution in [3.05, 3.63) is 0 Å². The van der Waals surface area contributed by atoms with Gasteiger partial charge in [-0.05, 0) is 31.8 Å². The van der Waals surface area contributed by atoms with Crippen LogP contribution in [0.3, 0.4) is 0 Å². The SMILES string of the molecule is CCCCCCCCCCCCCCCCCCN1CCC(CO)C1.Cl. The number of likely N-dealkylation sites (tertiary alicyclic amines) is 1. The molecule has 1 saturated heterocycles. The second kappa shape index (κ2) is 20.0. The molecule has 0 bridgehead atoms. The van der Waals surface area contributed by atoms with Gasteiger partial charge in [-0.2, -0.15) is 0 Å². The van der Waals surface area contributed by atoms with Gasteiger partial charge in [-0.3, -0.25) is 0 Å². The molecule has 26 heavy (non-hydrogen) atoms. The van der Waals surface area contributed by atoms with Crippen molar-refractivity contribution in [2.75, 3.05) is 26.2 Å². The van der Waals surface area contributed by atoms with Gasteiger partial charge in [0.2, 0.25) is 0 Å². The highest BCUT2D eigenvalue weighted by atomic mass is 35.5. The van der Waals surface area contributed by atoms with Crippen LogP contribution in [0.1, 0.15) is 116 Å². The van der Waals surface area contributed by atoms with Crippen LogP contribution in [-0.2, 0) is 0 Å². The van der Waals surface area contributed by atoms with Gasteiger partial charge in [-0.1, -0.05) is 103 Å². The van der Waals surface area contributed by atoms with Crippen molar-refractivity contribution in [1.29, 1.82) is 0 Å². The Morgan fingerprint density at radius 1 is 0.692 bits per heavy atom. The topological polar surface area (TPSA) is 23.5 Å². The van der Waals surface area contributed by atoms with Crippen LogP contribution in [0.4, 0.5) is 0 Å². The highest BCUT2D eigenvalue weighted by molar-refractivity contribution is 5.85. The van der Waals surface area contributed by atoms with Gasteiger partial charge in [0, 0.05) is 13.2 Å². The van der Waals surface area contributed by atoms with E-state index in [1.54, 1.807) is 0 Å². The number of rotatable bonds is 18. The smallest absolute Gasteiger partial charge is 0.0471 e. The Balaban J connectivity index is 0.00000625. The van der Waals surface area contributed by atoms with Gasteiger partial charge in [0.1, 0.15) is 0 Å². The predicted molar refractivity (Wildman–Crippen MR) is 118 cm³/mol. The van der Waals surface area contributed by atoms with E-state index in [4.69, 9.17) is 5.11 Å². The molecule has 1 aliphatic heterocycles. The number of unbranched alkanes of at least 4 members (excludes halogenated alkanes) is 15. The summed E-state index contributed by atoms with van der Waals surface area (Å²) >= 11 is 0. The van der Waals surface area contributed by atoms with Crippen LogP contribution in [0.2, 0.25) is 0 Å². The van der Waals surface area contributed by atoms with Crippen molar-refractivity contribution in [2.45, 2.75) is 116 Å². The molecule has 0 aromatic rings. The Labute approximate surface area is 170 Å². The second-order valence-electron chi connectivity index (χ2n) is 8.44. The van der Waals surface area contributed by atoms with E-state index in [1.165, 1.54) is 122 Å². The van der Waals surface area contributed by atoms with E-state index in [1.807, 2.05) is 0 Å². The third-order valence-corrected chi connectivity index (χ3v) is 5.96. The van der Waals surface area contributed by atoms with Crippen molar-refractivity contribution >= 4 is 12.4 Å². The van der Waals surface area contributed by atoms with Crippen LogP contribution in [0.15, 0.2) is 0 Å². The number of aliphatic hydroxyl groups excluding tert-OH is 1. The molecule has 3 heteroatoms. The van der Waals surface area contributed by atoms with Gasteiger partial charge in [-0.25, -0.2) is 0 Å². The minimum absolute atomic E-state index is 0. The molecule has 158 valence electrons. The lowest BCUT2D eigenvalue weighted by Crippen LogP contribution is -2.22. The van der Waals surface area contributed by atoms with E-state index in [0.29, 0.717) is 12.5 Å². The Morgan fingerprint density at radius 2 is 1.12 bits per heavy atom. The molecule has 0 radical (unpaired) electrons. The fraction of sp³-hybridized carbons (Fsp3) is 1.00. The quantitative estimate of drug-likeness (QED) is 0.255. The van der Waals surface area contributed by atoms with Gasteiger partial charge < -0.3 is 10.0 Å². The molecule has 0 saturated carbocycles. The van der Waals surface area contributed by atoms with E-state index in [9.17, 15) is 0 Å². The van der Waals surface area contributed by atoms with E-state index in [0.717, 1.165) is 6.54 Å². The second-order valence-corrected chi connectivity index (χ2v) is 8.44. The Kier molecular flexibility index (Phi) is 20.1. The van der Waals surface area contributed by atoms with Gasteiger partial charge in [0.25, 0.3) is 0 Å². The summed E-state index contributed by atoms with van der Waals surface area (Å²) in [6.07, 6.45) is 24.3. The van der Waals surface area contributed by atoms with Crippen molar-refractivity contribution in [1.82, 2.24) is 4.90 Å². The average Bonchev–Trinajstić information content (AvgIpc) is 3.09. The molecule has 1 unspecified atom stereocenters. The molecular weight excluding hydrogens is 342 g/mol. The highest BCUT2D eigenvalue weighted by Crippen LogP contribution is 2.17. The molecule has 0 aliphatic carbocycles. The normalized spacial score (nSPS) is 17.5. The standard InChI is InChI=1S/C23H47NO.ClH/c1-2-3-4-5-6-7-8-9-10-11-12-13-14-15-16-17-19-24-20-18-23(21-24)22-25;/h23,25H,2-22H2,1H3;1H. The first kappa shape index (κ1) is 26.2. The minimum atomic E-state index is 0. The van der Waals surface area contributed by atoms with Gasteiger partial charge in [0.15, 0.2) is 0 Å². The Morgan fingerprint density at radius 3 is 1.50 bits per heavy atom. The molecule has 0 aromatic carbocycles. The first-order valence-electron chi connectivity index (χ1n) is 11.7. The monoisotopic (exact) mass is 389 g/mol. The molecule has 1 atom stereocenters. The number of aliphatic hydroxyl groups is 1. The van der Waals surface area contributed by atoms with Crippen molar-refractivity contribution < 1.29 is 5.11 Å². The zero-order valence-corrected chi connectivity index (χ0v) is 18.5. The third-order valence-electron chi connectivity index (χ3n) is 5.96. The lowest BCUT2D eigenvalue weighted by molar-refractivity contribution is 0.221. The Bertz CT molecular complexity index is 275. The fourth-order valence-electron chi connectivity index (χ4n) is 4.15. The summed E-state index contributed by atoms with van der Waals surface area (Å²) in [4.78, 5) is 2.55. The zero-order valence-electron chi connectivity index (χ0n) is 17.7. The van der Waals surface area contributed by atoms with E-state index in [-0.39, 0.29) is 12.4 Å². The molecule has 1 aliphatic rings. The maximum Gasteiger partial charge on any atom is 0.0471 e. The van der Waals surface area contributed by atoms with Crippen molar-refractivity contribution in [2.24, 2.45) is 5.92 Å². The van der Waals surface area contributed by atoms with Crippen LogP contribution in [0.25, 0.3) is 0 Å². The van der Waals surface area contributed by atoms with E-state index in [2.05, 4.69) is 11.8 Å². The van der Waals surface area contributed by atoms with Gasteiger partial charge >= 0.3 is 0 Å². The molecule has 1 N–H and O–H groups in total. The van der Waals surface area contributed by atoms with Crippen LogP contribution < -0.4 is 0 Å². The van der Waals surface area contributed by atoms with Crippen LogP contribution >= 0.6 is 12.4 Å². The third kappa shape index (κ3) is 15.3. The molecule has 1 rings (SSSR count). The molecule has 1 fully saturated rings. The number of halogens is 1.